The first kappa shape index (κ1) is 22.7. The van der Waals surface area contributed by atoms with Gasteiger partial charge in [-0.3, -0.25) is 9.89 Å². The van der Waals surface area contributed by atoms with E-state index in [4.69, 9.17) is 0 Å². The molecule has 0 amide bonds. The van der Waals surface area contributed by atoms with Crippen LogP contribution in [-0.4, -0.2) is 76.2 Å². The summed E-state index contributed by atoms with van der Waals surface area (Å²) in [6.45, 7) is 4.17. The zero-order valence-corrected chi connectivity index (χ0v) is 16.2. The van der Waals surface area contributed by atoms with Gasteiger partial charge in [0.1, 0.15) is 0 Å². The Morgan fingerprint density at radius 1 is 1.22 bits per heavy atom. The van der Waals surface area contributed by atoms with Crippen molar-refractivity contribution >= 4 is 39.8 Å². The Kier molecular flexibility index (Phi) is 10.4. The molecule has 1 aliphatic heterocycles. The Morgan fingerprint density at radius 3 is 2.35 bits per heavy atom. The summed E-state index contributed by atoms with van der Waals surface area (Å²) in [4.78, 5) is 5.87. The Hall–Kier alpha value is -0.300. The zero-order valence-electron chi connectivity index (χ0n) is 13.0. The van der Waals surface area contributed by atoms with Crippen LogP contribution >= 0.6 is 24.0 Å². The molecule has 0 aliphatic carbocycles. The first-order valence-corrected chi connectivity index (χ1v) is 9.06. The lowest BCUT2D eigenvalue weighted by atomic mass is 10.4. The van der Waals surface area contributed by atoms with E-state index in [-0.39, 0.29) is 42.0 Å². The van der Waals surface area contributed by atoms with Crippen molar-refractivity contribution in [3.8, 4) is 0 Å². The summed E-state index contributed by atoms with van der Waals surface area (Å²) in [5.74, 6) is 0.663. The molecular formula is C12H24F3IN4O2S. The van der Waals surface area contributed by atoms with Crippen LogP contribution in [0.3, 0.4) is 0 Å². The molecule has 6 nitrogen and oxygen atoms in total. The molecule has 1 heterocycles. The van der Waals surface area contributed by atoms with Crippen LogP contribution in [0.1, 0.15) is 13.3 Å². The van der Waals surface area contributed by atoms with Crippen LogP contribution in [0.5, 0.6) is 0 Å². The SMILES string of the molecule is CCNC(=NCCC(F)(F)F)NCCN1CCS(=O)(=O)CC1.I. The molecule has 1 aliphatic rings. The van der Waals surface area contributed by atoms with E-state index in [1.54, 1.807) is 0 Å². The monoisotopic (exact) mass is 472 g/mol. The average Bonchev–Trinajstić information content (AvgIpc) is 2.39. The van der Waals surface area contributed by atoms with Crippen molar-refractivity contribution in [2.24, 2.45) is 4.99 Å². The smallest absolute Gasteiger partial charge is 0.357 e. The molecule has 11 heteroatoms. The van der Waals surface area contributed by atoms with Crippen molar-refractivity contribution in [3.05, 3.63) is 0 Å². The normalized spacial score (nSPS) is 19.0. The topological polar surface area (TPSA) is 73.8 Å². The van der Waals surface area contributed by atoms with Crippen LogP contribution in [0.2, 0.25) is 0 Å². The lowest BCUT2D eigenvalue weighted by molar-refractivity contribution is -0.132. The van der Waals surface area contributed by atoms with E-state index in [2.05, 4.69) is 15.6 Å². The van der Waals surface area contributed by atoms with E-state index >= 15 is 0 Å². The summed E-state index contributed by atoms with van der Waals surface area (Å²) in [7, 11) is -2.90. The third-order valence-corrected chi connectivity index (χ3v) is 4.78. The summed E-state index contributed by atoms with van der Waals surface area (Å²) in [5, 5.41) is 5.83. The van der Waals surface area contributed by atoms with Crippen molar-refractivity contribution in [1.82, 2.24) is 15.5 Å². The van der Waals surface area contributed by atoms with Crippen molar-refractivity contribution < 1.29 is 21.6 Å². The predicted octanol–water partition coefficient (Wildman–Crippen LogP) is 0.842. The fourth-order valence-corrected chi connectivity index (χ4v) is 3.22. The quantitative estimate of drug-likeness (QED) is 0.341. The van der Waals surface area contributed by atoms with Gasteiger partial charge in [-0.2, -0.15) is 13.2 Å². The van der Waals surface area contributed by atoms with Crippen LogP contribution in [0.15, 0.2) is 4.99 Å². The van der Waals surface area contributed by atoms with Crippen LogP contribution in [0, 0.1) is 0 Å². The average molecular weight is 472 g/mol. The molecule has 1 fully saturated rings. The number of guanidine groups is 1. The minimum Gasteiger partial charge on any atom is -0.357 e. The van der Waals surface area contributed by atoms with Gasteiger partial charge in [-0.1, -0.05) is 0 Å². The minimum absolute atomic E-state index is 0. The molecule has 2 N–H and O–H groups in total. The molecule has 0 atom stereocenters. The fraction of sp³-hybridized carbons (Fsp3) is 0.917. The van der Waals surface area contributed by atoms with Gasteiger partial charge >= 0.3 is 6.18 Å². The first-order chi connectivity index (χ1) is 10.2. The minimum atomic E-state index is -4.21. The summed E-state index contributed by atoms with van der Waals surface area (Å²) in [6, 6.07) is 0. The van der Waals surface area contributed by atoms with E-state index in [1.165, 1.54) is 0 Å². The third kappa shape index (κ3) is 11.0. The van der Waals surface area contributed by atoms with Gasteiger partial charge in [-0.25, -0.2) is 8.42 Å². The lowest BCUT2D eigenvalue weighted by Gasteiger charge is -2.26. The van der Waals surface area contributed by atoms with E-state index in [1.807, 2.05) is 11.8 Å². The van der Waals surface area contributed by atoms with Crippen molar-refractivity contribution in [1.29, 1.82) is 0 Å². The highest BCUT2D eigenvalue weighted by atomic mass is 127. The van der Waals surface area contributed by atoms with Crippen LogP contribution < -0.4 is 10.6 Å². The van der Waals surface area contributed by atoms with Gasteiger partial charge < -0.3 is 10.6 Å². The van der Waals surface area contributed by atoms with Gasteiger partial charge in [-0.15, -0.1) is 24.0 Å². The van der Waals surface area contributed by atoms with Crippen molar-refractivity contribution in [3.63, 3.8) is 0 Å². The lowest BCUT2D eigenvalue weighted by Crippen LogP contribution is -2.46. The standard InChI is InChI=1S/C12H23F3N4O2S.HI/c1-2-16-11(17-4-3-12(13,14)15)18-5-6-19-7-9-22(20,21)10-8-19;/h2-10H2,1H3,(H2,16,17,18);1H. The van der Waals surface area contributed by atoms with E-state index in [0.29, 0.717) is 38.7 Å². The van der Waals surface area contributed by atoms with Crippen LogP contribution in [-0.2, 0) is 9.84 Å². The van der Waals surface area contributed by atoms with Gasteiger partial charge in [0, 0.05) is 32.7 Å². The number of rotatable bonds is 6. The maximum Gasteiger partial charge on any atom is 0.390 e. The van der Waals surface area contributed by atoms with Crippen LogP contribution in [0.25, 0.3) is 0 Å². The number of aliphatic imine (C=N–C) groups is 1. The molecular weight excluding hydrogens is 448 g/mol. The molecule has 0 saturated carbocycles. The van der Waals surface area contributed by atoms with Gasteiger partial charge in [0.2, 0.25) is 0 Å². The molecule has 1 rings (SSSR count). The van der Waals surface area contributed by atoms with Gasteiger partial charge in [-0.05, 0) is 6.92 Å². The summed E-state index contributed by atoms with van der Waals surface area (Å²) in [6.07, 6.45) is -5.16. The molecule has 23 heavy (non-hydrogen) atoms. The van der Waals surface area contributed by atoms with Gasteiger partial charge in [0.05, 0.1) is 24.5 Å². The number of alkyl halides is 3. The molecule has 138 valence electrons. The van der Waals surface area contributed by atoms with Gasteiger partial charge in [0.15, 0.2) is 15.8 Å². The molecule has 0 bridgehead atoms. The molecule has 0 unspecified atom stereocenters. The summed E-state index contributed by atoms with van der Waals surface area (Å²) in [5.41, 5.74) is 0. The van der Waals surface area contributed by atoms with Crippen LogP contribution in [0.4, 0.5) is 13.2 Å². The first-order valence-electron chi connectivity index (χ1n) is 7.23. The number of sulfone groups is 1. The molecule has 0 aromatic rings. The van der Waals surface area contributed by atoms with E-state index in [9.17, 15) is 21.6 Å². The zero-order chi connectivity index (χ0) is 16.6. The maximum absolute atomic E-state index is 12.1. The highest BCUT2D eigenvalue weighted by Gasteiger charge is 2.26. The van der Waals surface area contributed by atoms with Crippen molar-refractivity contribution in [2.45, 2.75) is 19.5 Å². The van der Waals surface area contributed by atoms with Gasteiger partial charge in [0.25, 0.3) is 0 Å². The number of halogens is 4. The Morgan fingerprint density at radius 2 is 1.83 bits per heavy atom. The van der Waals surface area contributed by atoms with E-state index in [0.717, 1.165) is 0 Å². The highest BCUT2D eigenvalue weighted by Crippen LogP contribution is 2.18. The molecule has 1 saturated heterocycles. The molecule has 0 aromatic heterocycles. The molecule has 0 radical (unpaired) electrons. The summed E-state index contributed by atoms with van der Waals surface area (Å²) >= 11 is 0. The second kappa shape index (κ2) is 10.5. The largest absolute Gasteiger partial charge is 0.390 e. The second-order valence-electron chi connectivity index (χ2n) is 5.05. The Balaban J connectivity index is 0.00000484. The second-order valence-corrected chi connectivity index (χ2v) is 7.35. The Labute approximate surface area is 152 Å². The van der Waals surface area contributed by atoms with Crippen molar-refractivity contribution in [2.75, 3.05) is 50.8 Å². The highest BCUT2D eigenvalue weighted by molar-refractivity contribution is 14.0. The number of nitrogens with one attached hydrogen (secondary N) is 2. The predicted molar refractivity (Wildman–Crippen MR) is 95.2 cm³/mol. The van der Waals surface area contributed by atoms with E-state index < -0.39 is 22.4 Å². The molecule has 0 spiro atoms. The maximum atomic E-state index is 12.1. The third-order valence-electron chi connectivity index (χ3n) is 3.17. The fourth-order valence-electron chi connectivity index (χ4n) is 1.94. The number of hydrogen-bond acceptors (Lipinski definition) is 4. The number of nitrogens with zero attached hydrogens (tertiary/aromatic N) is 2. The summed E-state index contributed by atoms with van der Waals surface area (Å²) < 4.78 is 58.8. The Bertz CT molecular complexity index is 457. The number of hydrogen-bond donors (Lipinski definition) is 2. The molecule has 0 aromatic carbocycles.